The van der Waals surface area contributed by atoms with Crippen molar-refractivity contribution in [3.8, 4) is 0 Å². The van der Waals surface area contributed by atoms with E-state index in [1.54, 1.807) is 0 Å². The summed E-state index contributed by atoms with van der Waals surface area (Å²) < 4.78 is 2.55. The van der Waals surface area contributed by atoms with E-state index in [4.69, 9.17) is 0 Å². The maximum atomic E-state index is 11.5. The molecule has 2 aromatic heterocycles. The molecule has 0 aliphatic heterocycles. The number of imidazole rings is 2. The molecule has 0 saturated heterocycles. The molecule has 6 nitrogen and oxygen atoms in total. The van der Waals surface area contributed by atoms with Gasteiger partial charge in [0.05, 0.1) is 0 Å². The summed E-state index contributed by atoms with van der Waals surface area (Å²) in [6.07, 6.45) is 8.51. The third-order valence-corrected chi connectivity index (χ3v) is 1.89. The van der Waals surface area contributed by atoms with Gasteiger partial charge in [0, 0.05) is 24.8 Å². The molecule has 2 rings (SSSR count). The Morgan fingerprint density at radius 3 is 1.69 bits per heavy atom. The quantitative estimate of drug-likeness (QED) is 0.710. The van der Waals surface area contributed by atoms with E-state index in [0.717, 1.165) is 0 Å². The van der Waals surface area contributed by atoms with Crippen LogP contribution in [0.2, 0.25) is 0 Å². The summed E-state index contributed by atoms with van der Waals surface area (Å²) >= 11 is 0. The number of hydrogen-bond acceptors (Lipinski definition) is 4. The zero-order valence-corrected chi connectivity index (χ0v) is 7.78. The second-order valence-corrected chi connectivity index (χ2v) is 2.90. The normalized spacial score (nSPS) is 9.50. The van der Waals surface area contributed by atoms with Gasteiger partial charge in [0.25, 0.3) is 0 Å². The Hall–Kier alpha value is -2.24. The molecule has 0 radical (unpaired) electrons. The Kier molecular flexibility index (Phi) is 3.71. The molecule has 0 aromatic carbocycles. The van der Waals surface area contributed by atoms with Crippen molar-refractivity contribution in [1.29, 1.82) is 0 Å². The lowest BCUT2D eigenvalue weighted by molar-refractivity contribution is 0.0803. The number of rotatable bonds is 2. The molecule has 2 aromatic rings. The average molecular weight is 220 g/mol. The van der Waals surface area contributed by atoms with Crippen molar-refractivity contribution in [2.45, 2.75) is 13.8 Å². The van der Waals surface area contributed by atoms with E-state index in [1.165, 1.54) is 46.6 Å². The maximum absolute atomic E-state index is 11.5. The van der Waals surface area contributed by atoms with Gasteiger partial charge in [0.2, 0.25) is 11.8 Å². The van der Waals surface area contributed by atoms with E-state index in [0.29, 0.717) is 0 Å². The first-order valence-electron chi connectivity index (χ1n) is 4.29. The molecule has 0 fully saturated rings. The van der Waals surface area contributed by atoms with Crippen molar-refractivity contribution >= 4 is 11.8 Å². The van der Waals surface area contributed by atoms with Crippen LogP contribution in [0.4, 0.5) is 0 Å². The molecule has 6 heteroatoms. The summed E-state index contributed by atoms with van der Waals surface area (Å²) in [5.41, 5.74) is 0. The molecule has 0 spiro atoms. The average Bonchev–Trinajstić information content (AvgIpc) is 2.91. The molecule has 0 bridgehead atoms. The number of aromatic nitrogens is 4. The third-order valence-electron chi connectivity index (χ3n) is 1.89. The first-order chi connectivity index (χ1) is 7.27. The van der Waals surface area contributed by atoms with Gasteiger partial charge in [-0.3, -0.25) is 18.7 Å². The fourth-order valence-corrected chi connectivity index (χ4v) is 1.13. The molecular formula is C10H12N4O2. The summed E-state index contributed by atoms with van der Waals surface area (Å²) in [4.78, 5) is 30.4. The summed E-state index contributed by atoms with van der Waals surface area (Å²) in [5, 5.41) is 0. The molecule has 84 valence electrons. The molecule has 0 unspecified atom stereocenters. The Labute approximate surface area is 92.6 Å². The largest absolute Gasteiger partial charge is 0.276 e. The Morgan fingerprint density at radius 2 is 1.38 bits per heavy atom. The van der Waals surface area contributed by atoms with E-state index < -0.39 is 0 Å². The van der Waals surface area contributed by atoms with Crippen molar-refractivity contribution in [2.24, 2.45) is 0 Å². The number of hydrogen-bond donors (Lipinski definition) is 0. The fraction of sp³-hybridized carbons (Fsp3) is 0.200. The van der Waals surface area contributed by atoms with Crippen LogP contribution < -0.4 is 0 Å². The van der Waals surface area contributed by atoms with Crippen LogP contribution >= 0.6 is 0 Å². The van der Waals surface area contributed by atoms with Gasteiger partial charge in [-0.25, -0.2) is 9.97 Å². The highest BCUT2D eigenvalue weighted by atomic mass is 16.2. The predicted molar refractivity (Wildman–Crippen MR) is 57.1 cm³/mol. The fourth-order valence-electron chi connectivity index (χ4n) is 1.13. The SMILES string of the molecule is C.O=C(CC(=O)n1ccnc1)n1ccnc1. The molecule has 2 heterocycles. The van der Waals surface area contributed by atoms with E-state index >= 15 is 0 Å². The molecule has 0 N–H and O–H groups in total. The summed E-state index contributed by atoms with van der Waals surface area (Å²) in [5.74, 6) is -0.627. The molecule has 16 heavy (non-hydrogen) atoms. The number of carbonyl (C=O) groups excluding carboxylic acids is 2. The van der Waals surface area contributed by atoms with Crippen molar-refractivity contribution in [3.05, 3.63) is 37.4 Å². The van der Waals surface area contributed by atoms with Gasteiger partial charge in [-0.2, -0.15) is 0 Å². The van der Waals surface area contributed by atoms with E-state index in [2.05, 4.69) is 9.97 Å². The highest BCUT2D eigenvalue weighted by Crippen LogP contribution is 1.96. The van der Waals surface area contributed by atoms with Gasteiger partial charge < -0.3 is 0 Å². The topological polar surface area (TPSA) is 69.8 Å². The van der Waals surface area contributed by atoms with E-state index in [1.807, 2.05) is 0 Å². The predicted octanol–water partition coefficient (Wildman–Crippen LogP) is 1.09. The second-order valence-electron chi connectivity index (χ2n) is 2.90. The van der Waals surface area contributed by atoms with Crippen molar-refractivity contribution < 1.29 is 9.59 Å². The van der Waals surface area contributed by atoms with Crippen LogP contribution in [0.25, 0.3) is 0 Å². The van der Waals surface area contributed by atoms with Gasteiger partial charge in [-0.15, -0.1) is 0 Å². The van der Waals surface area contributed by atoms with Crippen molar-refractivity contribution in [3.63, 3.8) is 0 Å². The maximum Gasteiger partial charge on any atom is 0.241 e. The van der Waals surface area contributed by atoms with Gasteiger partial charge in [-0.05, 0) is 0 Å². The van der Waals surface area contributed by atoms with Crippen LogP contribution in [0.15, 0.2) is 37.4 Å². The minimum absolute atomic E-state index is 0. The molecular weight excluding hydrogens is 208 g/mol. The van der Waals surface area contributed by atoms with Crippen LogP contribution in [-0.4, -0.2) is 30.9 Å². The van der Waals surface area contributed by atoms with Crippen LogP contribution in [0.5, 0.6) is 0 Å². The van der Waals surface area contributed by atoms with Crippen LogP contribution in [0, 0.1) is 0 Å². The molecule has 0 atom stereocenters. The van der Waals surface area contributed by atoms with E-state index in [9.17, 15) is 9.59 Å². The van der Waals surface area contributed by atoms with Crippen LogP contribution in [0.1, 0.15) is 23.4 Å². The zero-order chi connectivity index (χ0) is 10.7. The van der Waals surface area contributed by atoms with Gasteiger partial charge in [0.15, 0.2) is 0 Å². The second kappa shape index (κ2) is 5.01. The van der Waals surface area contributed by atoms with Crippen LogP contribution in [-0.2, 0) is 0 Å². The Bertz CT molecular complexity index is 415. The number of nitrogens with zero attached hydrogens (tertiary/aromatic N) is 4. The lowest BCUT2D eigenvalue weighted by Crippen LogP contribution is -2.18. The van der Waals surface area contributed by atoms with Crippen molar-refractivity contribution in [1.82, 2.24) is 19.1 Å². The molecule has 0 amide bonds. The monoisotopic (exact) mass is 220 g/mol. The molecule has 0 aliphatic carbocycles. The van der Waals surface area contributed by atoms with E-state index in [-0.39, 0.29) is 25.7 Å². The van der Waals surface area contributed by atoms with Gasteiger partial charge in [-0.1, -0.05) is 7.43 Å². The smallest absolute Gasteiger partial charge is 0.241 e. The van der Waals surface area contributed by atoms with Crippen molar-refractivity contribution in [2.75, 3.05) is 0 Å². The summed E-state index contributed by atoms with van der Waals surface area (Å²) in [7, 11) is 0. The van der Waals surface area contributed by atoms with Crippen LogP contribution in [0.3, 0.4) is 0 Å². The highest BCUT2D eigenvalue weighted by molar-refractivity contribution is 5.98. The summed E-state index contributed by atoms with van der Waals surface area (Å²) in [6, 6.07) is 0. The molecule has 0 aliphatic rings. The highest BCUT2D eigenvalue weighted by Gasteiger charge is 2.11. The first-order valence-corrected chi connectivity index (χ1v) is 4.29. The molecule has 0 saturated carbocycles. The standard InChI is InChI=1S/C9H8N4O2.CH4/c14-8(12-3-1-10-6-12)5-9(15)13-4-2-11-7-13;/h1-4,6-7H,5H2;1H4. The van der Waals surface area contributed by atoms with Gasteiger partial charge >= 0.3 is 0 Å². The van der Waals surface area contributed by atoms with Gasteiger partial charge in [0.1, 0.15) is 19.1 Å². The first kappa shape index (κ1) is 11.8. The minimum Gasteiger partial charge on any atom is -0.276 e. The Balaban J connectivity index is 0.00000128. The summed E-state index contributed by atoms with van der Waals surface area (Å²) in [6.45, 7) is 0. The lowest BCUT2D eigenvalue weighted by atomic mass is 10.4. The number of carbonyl (C=O) groups is 2. The lowest BCUT2D eigenvalue weighted by Gasteiger charge is -2.00. The third kappa shape index (κ3) is 2.41. The zero-order valence-electron chi connectivity index (χ0n) is 7.78. The minimum atomic E-state index is -0.314. The Morgan fingerprint density at radius 1 is 0.938 bits per heavy atom.